The number of hydrogen-bond acceptors (Lipinski definition) is 3. The number of amides is 2. The second-order valence-corrected chi connectivity index (χ2v) is 4.25. The van der Waals surface area contributed by atoms with Crippen LogP contribution in [0.5, 0.6) is 0 Å². The zero-order valence-corrected chi connectivity index (χ0v) is 10.7. The molecule has 1 heterocycles. The summed E-state index contributed by atoms with van der Waals surface area (Å²) in [7, 11) is 1.22. The van der Waals surface area contributed by atoms with Crippen LogP contribution in [0.4, 0.5) is 18.0 Å². The highest BCUT2D eigenvalue weighted by Gasteiger charge is 2.58. The molecular formula is C10H13F3N4O3. The van der Waals surface area contributed by atoms with E-state index < -0.39 is 23.7 Å². The van der Waals surface area contributed by atoms with E-state index in [9.17, 15) is 22.8 Å². The van der Waals surface area contributed by atoms with Gasteiger partial charge in [-0.25, -0.2) is 14.6 Å². The van der Waals surface area contributed by atoms with Crippen LogP contribution in [-0.4, -0.2) is 50.7 Å². The minimum absolute atomic E-state index is 0.0909. The first-order valence-corrected chi connectivity index (χ1v) is 5.39. The quantitative estimate of drug-likeness (QED) is 0.770. The van der Waals surface area contributed by atoms with Gasteiger partial charge in [-0.1, -0.05) is 0 Å². The van der Waals surface area contributed by atoms with E-state index in [4.69, 9.17) is 5.11 Å². The van der Waals surface area contributed by atoms with Crippen LogP contribution in [0.2, 0.25) is 0 Å². The molecule has 1 atom stereocenters. The first kappa shape index (κ1) is 15.8. The summed E-state index contributed by atoms with van der Waals surface area (Å²) >= 11 is 0. The summed E-state index contributed by atoms with van der Waals surface area (Å²) in [5.41, 5.74) is -3.36. The van der Waals surface area contributed by atoms with Gasteiger partial charge in [0.1, 0.15) is 5.82 Å². The second kappa shape index (κ2) is 5.39. The fraction of sp³-hybridized carbons (Fsp3) is 0.500. The monoisotopic (exact) mass is 294 g/mol. The van der Waals surface area contributed by atoms with Gasteiger partial charge >= 0.3 is 18.2 Å². The highest BCUT2D eigenvalue weighted by molar-refractivity contribution is 5.86. The Hall–Kier alpha value is -2.26. The Labute approximate surface area is 111 Å². The lowest BCUT2D eigenvalue weighted by Gasteiger charge is -2.30. The molecule has 0 aliphatic heterocycles. The van der Waals surface area contributed by atoms with Crippen molar-refractivity contribution >= 4 is 12.0 Å². The number of H-pyrrole nitrogens is 1. The Kier molecular flexibility index (Phi) is 4.26. The number of aromatic nitrogens is 2. The number of rotatable bonds is 4. The summed E-state index contributed by atoms with van der Waals surface area (Å²) in [6.45, 7) is 0.292. The molecule has 0 fully saturated rings. The lowest BCUT2D eigenvalue weighted by Crippen LogP contribution is -2.63. The molecule has 0 aliphatic carbocycles. The fourth-order valence-electron chi connectivity index (χ4n) is 1.24. The maximum atomic E-state index is 12.7. The number of carbonyl (C=O) groups excluding carboxylic acids is 1. The van der Waals surface area contributed by atoms with E-state index >= 15 is 0 Å². The van der Waals surface area contributed by atoms with Crippen molar-refractivity contribution in [3.63, 3.8) is 0 Å². The predicted molar refractivity (Wildman–Crippen MR) is 60.7 cm³/mol. The van der Waals surface area contributed by atoms with Crippen LogP contribution in [-0.2, 0) is 11.3 Å². The van der Waals surface area contributed by atoms with Crippen LogP contribution in [0.1, 0.15) is 12.7 Å². The number of imidazole rings is 1. The molecule has 0 aliphatic rings. The molecule has 1 aromatic heterocycles. The van der Waals surface area contributed by atoms with Crippen LogP contribution < -0.4 is 5.32 Å². The van der Waals surface area contributed by atoms with E-state index in [1.165, 1.54) is 24.8 Å². The van der Waals surface area contributed by atoms with Crippen molar-refractivity contribution in [1.82, 2.24) is 20.2 Å². The number of urea groups is 1. The van der Waals surface area contributed by atoms with Crippen LogP contribution in [0.15, 0.2) is 12.4 Å². The Morgan fingerprint density at radius 3 is 2.50 bits per heavy atom. The maximum absolute atomic E-state index is 12.7. The van der Waals surface area contributed by atoms with E-state index in [2.05, 4.69) is 9.97 Å². The first-order valence-electron chi connectivity index (χ1n) is 5.39. The van der Waals surface area contributed by atoms with Gasteiger partial charge in [0.15, 0.2) is 0 Å². The van der Waals surface area contributed by atoms with Crippen LogP contribution in [0.3, 0.4) is 0 Å². The van der Waals surface area contributed by atoms with Gasteiger partial charge in [-0.05, 0) is 6.92 Å². The molecular weight excluding hydrogens is 281 g/mol. The summed E-state index contributed by atoms with van der Waals surface area (Å²) in [5.74, 6) is -1.84. The lowest BCUT2D eigenvalue weighted by molar-refractivity contribution is -0.203. The molecule has 10 heteroatoms. The first-order chi connectivity index (χ1) is 9.08. The van der Waals surface area contributed by atoms with Crippen molar-refractivity contribution in [3.05, 3.63) is 18.2 Å². The van der Waals surface area contributed by atoms with Gasteiger partial charge in [-0.2, -0.15) is 13.2 Å². The molecule has 3 N–H and O–H groups in total. The molecule has 1 unspecified atom stereocenters. The van der Waals surface area contributed by atoms with Gasteiger partial charge in [0.05, 0.1) is 6.54 Å². The summed E-state index contributed by atoms with van der Waals surface area (Å²) in [6.07, 6.45) is -2.23. The maximum Gasteiger partial charge on any atom is 0.422 e. The van der Waals surface area contributed by atoms with E-state index in [-0.39, 0.29) is 6.54 Å². The molecule has 112 valence electrons. The molecule has 0 spiro atoms. The third-order valence-electron chi connectivity index (χ3n) is 2.64. The third kappa shape index (κ3) is 3.19. The minimum Gasteiger partial charge on any atom is -0.479 e. The lowest BCUT2D eigenvalue weighted by atomic mass is 10.0. The fourth-order valence-corrected chi connectivity index (χ4v) is 1.24. The average Bonchev–Trinajstić information content (AvgIpc) is 2.79. The standard InChI is InChI=1S/C10H13F3N4O3/c1-9(7(18)19,10(11,12)13)16-8(20)17(2)5-6-14-3-4-15-6/h3-4H,5H2,1-2H3,(H,14,15)(H,16,20)(H,18,19). The van der Waals surface area contributed by atoms with E-state index in [0.29, 0.717) is 12.7 Å². The Bertz CT molecular complexity index is 488. The van der Waals surface area contributed by atoms with E-state index in [0.717, 1.165) is 4.90 Å². The van der Waals surface area contributed by atoms with Crippen LogP contribution in [0.25, 0.3) is 0 Å². The van der Waals surface area contributed by atoms with E-state index in [1.807, 2.05) is 0 Å². The molecule has 2 amide bonds. The van der Waals surface area contributed by atoms with Crippen molar-refractivity contribution in [2.24, 2.45) is 0 Å². The summed E-state index contributed by atoms with van der Waals surface area (Å²) < 4.78 is 38.2. The average molecular weight is 294 g/mol. The van der Waals surface area contributed by atoms with Gasteiger partial charge in [0.2, 0.25) is 5.54 Å². The van der Waals surface area contributed by atoms with Crippen molar-refractivity contribution in [2.75, 3.05) is 7.05 Å². The normalized spacial score (nSPS) is 14.4. The van der Waals surface area contributed by atoms with E-state index in [1.54, 1.807) is 0 Å². The molecule has 0 saturated carbocycles. The summed E-state index contributed by atoms with van der Waals surface area (Å²) in [6, 6.07) is -1.18. The zero-order valence-electron chi connectivity index (χ0n) is 10.7. The second-order valence-electron chi connectivity index (χ2n) is 4.25. The number of carboxylic acids is 1. The Morgan fingerprint density at radius 2 is 2.10 bits per heavy atom. The summed E-state index contributed by atoms with van der Waals surface area (Å²) in [5, 5.41) is 10.1. The number of nitrogens with one attached hydrogen (secondary N) is 2. The molecule has 0 aromatic carbocycles. The largest absolute Gasteiger partial charge is 0.479 e. The highest BCUT2D eigenvalue weighted by atomic mass is 19.4. The van der Waals surface area contributed by atoms with Crippen molar-refractivity contribution in [1.29, 1.82) is 0 Å². The number of halogens is 3. The van der Waals surface area contributed by atoms with Gasteiger partial charge in [-0.15, -0.1) is 0 Å². The molecule has 7 nitrogen and oxygen atoms in total. The Balaban J connectivity index is 2.79. The van der Waals surface area contributed by atoms with Crippen LogP contribution >= 0.6 is 0 Å². The number of alkyl halides is 3. The molecule has 0 radical (unpaired) electrons. The van der Waals surface area contributed by atoms with Crippen molar-refractivity contribution in [2.45, 2.75) is 25.2 Å². The zero-order chi connectivity index (χ0) is 15.6. The van der Waals surface area contributed by atoms with Gasteiger partial charge in [-0.3, -0.25) is 0 Å². The Morgan fingerprint density at radius 1 is 1.50 bits per heavy atom. The van der Waals surface area contributed by atoms with Gasteiger partial charge in [0, 0.05) is 19.4 Å². The van der Waals surface area contributed by atoms with Gasteiger partial charge < -0.3 is 20.3 Å². The smallest absolute Gasteiger partial charge is 0.422 e. The van der Waals surface area contributed by atoms with Gasteiger partial charge in [0.25, 0.3) is 0 Å². The SMILES string of the molecule is CN(Cc1ncc[nH]1)C(=O)NC(C)(C(=O)O)C(F)(F)F. The molecule has 20 heavy (non-hydrogen) atoms. The number of hydrogen-bond donors (Lipinski definition) is 3. The number of aliphatic carboxylic acids is 1. The number of nitrogens with zero attached hydrogens (tertiary/aromatic N) is 2. The van der Waals surface area contributed by atoms with Crippen LogP contribution in [0, 0.1) is 0 Å². The molecule has 0 saturated heterocycles. The third-order valence-corrected chi connectivity index (χ3v) is 2.64. The summed E-state index contributed by atoms with van der Waals surface area (Å²) in [4.78, 5) is 29.8. The number of carboxylic acid groups (broad SMARTS) is 1. The minimum atomic E-state index is -5.12. The van der Waals surface area contributed by atoms with Crippen molar-refractivity contribution in [3.8, 4) is 0 Å². The molecule has 1 aromatic rings. The molecule has 1 rings (SSSR count). The van der Waals surface area contributed by atoms with Crippen molar-refractivity contribution < 1.29 is 27.9 Å². The predicted octanol–water partition coefficient (Wildman–Crippen LogP) is 0.957. The number of aromatic amines is 1. The number of carbonyl (C=O) groups is 2. The topological polar surface area (TPSA) is 98.3 Å². The molecule has 0 bridgehead atoms. The highest BCUT2D eigenvalue weighted by Crippen LogP contribution is 2.30.